The third kappa shape index (κ3) is 3.45. The number of aromatic nitrogens is 4. The van der Waals surface area contributed by atoms with E-state index in [0.717, 1.165) is 11.4 Å². The van der Waals surface area contributed by atoms with Crippen LogP contribution >= 0.6 is 0 Å². The molecule has 118 valence electrons. The first-order valence-corrected chi connectivity index (χ1v) is 7.27. The van der Waals surface area contributed by atoms with E-state index in [0.29, 0.717) is 11.7 Å². The fourth-order valence-electron chi connectivity index (χ4n) is 2.09. The van der Waals surface area contributed by atoms with E-state index < -0.39 is 0 Å². The van der Waals surface area contributed by atoms with Crippen molar-refractivity contribution in [2.45, 2.75) is 13.0 Å². The first-order chi connectivity index (χ1) is 11.1. The van der Waals surface area contributed by atoms with Crippen molar-refractivity contribution in [2.24, 2.45) is 4.99 Å². The largest absolute Gasteiger partial charge is 0.484 e. The van der Waals surface area contributed by atoms with Gasteiger partial charge in [-0.2, -0.15) is 9.50 Å². The lowest BCUT2D eigenvalue weighted by atomic mass is 10.2. The van der Waals surface area contributed by atoms with Gasteiger partial charge in [0.05, 0.1) is 12.0 Å². The molecule has 23 heavy (non-hydrogen) atoms. The number of fused-ring (bicyclic) bond motifs is 1. The Morgan fingerprint density at radius 2 is 2.00 bits per heavy atom. The first kappa shape index (κ1) is 15.0. The average molecular weight is 310 g/mol. The van der Waals surface area contributed by atoms with Crippen LogP contribution in [0.5, 0.6) is 5.75 Å². The molecule has 0 saturated carbocycles. The third-order valence-electron chi connectivity index (χ3n) is 3.14. The van der Waals surface area contributed by atoms with Crippen LogP contribution in [0.3, 0.4) is 0 Å². The molecule has 3 rings (SSSR count). The Labute approximate surface area is 134 Å². The highest BCUT2D eigenvalue weighted by Crippen LogP contribution is 2.21. The quantitative estimate of drug-likeness (QED) is 0.535. The van der Waals surface area contributed by atoms with Crippen LogP contribution in [0.1, 0.15) is 18.7 Å². The summed E-state index contributed by atoms with van der Waals surface area (Å²) >= 11 is 0. The van der Waals surface area contributed by atoms with Crippen molar-refractivity contribution in [2.75, 3.05) is 14.1 Å². The van der Waals surface area contributed by atoms with Crippen molar-refractivity contribution < 1.29 is 4.74 Å². The lowest BCUT2D eigenvalue weighted by Crippen LogP contribution is -2.10. The Kier molecular flexibility index (Phi) is 4.18. The van der Waals surface area contributed by atoms with E-state index in [4.69, 9.17) is 4.74 Å². The molecule has 7 heteroatoms. The molecular weight excluding hydrogens is 292 g/mol. The Hall–Kier alpha value is -2.96. The highest BCUT2D eigenvalue weighted by molar-refractivity contribution is 5.58. The Balaban J connectivity index is 1.91. The number of nitrogens with zero attached hydrogens (tertiary/aromatic N) is 6. The number of hydrogen-bond acceptors (Lipinski definition) is 5. The summed E-state index contributed by atoms with van der Waals surface area (Å²) in [4.78, 5) is 14.5. The fourth-order valence-corrected chi connectivity index (χ4v) is 2.09. The number of ether oxygens (including phenoxy) is 1. The maximum atomic E-state index is 5.95. The second-order valence-electron chi connectivity index (χ2n) is 5.27. The summed E-state index contributed by atoms with van der Waals surface area (Å²) in [6.45, 7) is 1.96. The van der Waals surface area contributed by atoms with Gasteiger partial charge in [-0.3, -0.25) is 0 Å². The minimum absolute atomic E-state index is 0.199. The van der Waals surface area contributed by atoms with Crippen LogP contribution in [-0.2, 0) is 0 Å². The minimum atomic E-state index is -0.199. The van der Waals surface area contributed by atoms with Gasteiger partial charge in [-0.25, -0.2) is 9.98 Å². The van der Waals surface area contributed by atoms with Crippen LogP contribution in [0.25, 0.3) is 5.78 Å². The van der Waals surface area contributed by atoms with E-state index in [9.17, 15) is 0 Å². The van der Waals surface area contributed by atoms with Gasteiger partial charge in [-0.1, -0.05) is 18.2 Å². The van der Waals surface area contributed by atoms with Crippen molar-refractivity contribution in [1.29, 1.82) is 0 Å². The number of aliphatic imine (C=N–C) groups is 1. The summed E-state index contributed by atoms with van der Waals surface area (Å²) in [5, 5.41) is 4.39. The minimum Gasteiger partial charge on any atom is -0.484 e. The van der Waals surface area contributed by atoms with Gasteiger partial charge in [0.15, 0.2) is 0 Å². The van der Waals surface area contributed by atoms with Crippen LogP contribution in [0, 0.1) is 0 Å². The van der Waals surface area contributed by atoms with E-state index in [1.54, 1.807) is 17.1 Å². The molecule has 1 atom stereocenters. The predicted molar refractivity (Wildman–Crippen MR) is 88.1 cm³/mol. The summed E-state index contributed by atoms with van der Waals surface area (Å²) in [7, 11) is 3.78. The number of benzene rings is 1. The molecule has 0 radical (unpaired) electrons. The zero-order valence-electron chi connectivity index (χ0n) is 13.3. The van der Waals surface area contributed by atoms with E-state index in [1.807, 2.05) is 62.3 Å². The maximum absolute atomic E-state index is 5.95. The molecule has 0 bridgehead atoms. The van der Waals surface area contributed by atoms with E-state index >= 15 is 0 Å². The standard InChI is InChI=1S/C16H18N6O/c1-12(23-13-7-5-4-6-8-13)14-9-10-17-16-19-15(20-22(14)16)18-11-21(2)3/h4-12H,1-3H3/t12-/m1/s1. The Morgan fingerprint density at radius 1 is 1.22 bits per heavy atom. The number of rotatable bonds is 5. The van der Waals surface area contributed by atoms with Gasteiger partial charge in [-0.05, 0) is 25.1 Å². The van der Waals surface area contributed by atoms with Crippen LogP contribution in [0.4, 0.5) is 5.95 Å². The molecule has 0 aliphatic rings. The van der Waals surface area contributed by atoms with Crippen molar-refractivity contribution in [3.63, 3.8) is 0 Å². The smallest absolute Gasteiger partial charge is 0.272 e. The van der Waals surface area contributed by atoms with Gasteiger partial charge >= 0.3 is 0 Å². The SMILES string of the molecule is C[C@@H](Oc1ccccc1)c1ccnc2nc(N=CN(C)C)nn12. The summed E-state index contributed by atoms with van der Waals surface area (Å²) in [5.74, 6) is 1.67. The zero-order chi connectivity index (χ0) is 16.2. The third-order valence-corrected chi connectivity index (χ3v) is 3.14. The monoisotopic (exact) mass is 310 g/mol. The lowest BCUT2D eigenvalue weighted by Gasteiger charge is -2.15. The summed E-state index contributed by atoms with van der Waals surface area (Å²) in [5.41, 5.74) is 0.859. The zero-order valence-corrected chi connectivity index (χ0v) is 13.3. The summed E-state index contributed by atoms with van der Waals surface area (Å²) in [6.07, 6.45) is 3.15. The molecule has 2 heterocycles. The highest BCUT2D eigenvalue weighted by Gasteiger charge is 2.14. The highest BCUT2D eigenvalue weighted by atomic mass is 16.5. The van der Waals surface area contributed by atoms with Crippen LogP contribution in [0.15, 0.2) is 47.6 Å². The molecule has 0 fully saturated rings. The number of hydrogen-bond donors (Lipinski definition) is 0. The fraction of sp³-hybridized carbons (Fsp3) is 0.250. The molecule has 1 aromatic carbocycles. The van der Waals surface area contributed by atoms with Crippen molar-refractivity contribution in [3.05, 3.63) is 48.3 Å². The van der Waals surface area contributed by atoms with Crippen LogP contribution in [0.2, 0.25) is 0 Å². The maximum Gasteiger partial charge on any atom is 0.272 e. The second kappa shape index (κ2) is 6.43. The second-order valence-corrected chi connectivity index (χ2v) is 5.27. The molecule has 0 amide bonds. The van der Waals surface area contributed by atoms with E-state index in [2.05, 4.69) is 20.1 Å². The van der Waals surface area contributed by atoms with E-state index in [1.165, 1.54) is 0 Å². The molecule has 0 unspecified atom stereocenters. The van der Waals surface area contributed by atoms with Crippen LogP contribution < -0.4 is 4.74 Å². The lowest BCUT2D eigenvalue weighted by molar-refractivity contribution is 0.219. The van der Waals surface area contributed by atoms with Gasteiger partial charge in [0.25, 0.3) is 11.7 Å². The molecule has 7 nitrogen and oxygen atoms in total. The first-order valence-electron chi connectivity index (χ1n) is 7.27. The summed E-state index contributed by atoms with van der Waals surface area (Å²) in [6, 6.07) is 11.5. The van der Waals surface area contributed by atoms with E-state index in [-0.39, 0.29) is 6.10 Å². The molecule has 0 spiro atoms. The van der Waals surface area contributed by atoms with Gasteiger partial charge in [0, 0.05) is 20.3 Å². The van der Waals surface area contributed by atoms with Crippen molar-refractivity contribution in [3.8, 4) is 5.75 Å². The summed E-state index contributed by atoms with van der Waals surface area (Å²) < 4.78 is 7.62. The topological polar surface area (TPSA) is 67.9 Å². The molecule has 0 N–H and O–H groups in total. The Bertz CT molecular complexity index is 812. The van der Waals surface area contributed by atoms with Gasteiger partial charge in [-0.15, -0.1) is 5.10 Å². The molecule has 0 aliphatic carbocycles. The predicted octanol–water partition coefficient (Wildman–Crippen LogP) is 2.49. The number of para-hydroxylation sites is 1. The average Bonchev–Trinajstić information content (AvgIpc) is 2.96. The van der Waals surface area contributed by atoms with Gasteiger partial charge in [0.1, 0.15) is 11.9 Å². The Morgan fingerprint density at radius 3 is 2.74 bits per heavy atom. The van der Waals surface area contributed by atoms with Crippen molar-refractivity contribution >= 4 is 18.1 Å². The molecule has 3 aromatic rings. The molecule has 2 aromatic heterocycles. The molecular formula is C16H18N6O. The normalized spacial score (nSPS) is 12.7. The van der Waals surface area contributed by atoms with Crippen LogP contribution in [-0.4, -0.2) is 44.9 Å². The molecule has 0 saturated heterocycles. The van der Waals surface area contributed by atoms with Gasteiger partial charge < -0.3 is 9.64 Å². The van der Waals surface area contributed by atoms with Gasteiger partial charge in [0.2, 0.25) is 0 Å². The van der Waals surface area contributed by atoms with Crippen molar-refractivity contribution in [1.82, 2.24) is 24.5 Å². The molecule has 0 aliphatic heterocycles.